The molecule has 1 aliphatic rings. The van der Waals surface area contributed by atoms with Gasteiger partial charge in [0.2, 0.25) is 5.91 Å². The van der Waals surface area contributed by atoms with E-state index in [2.05, 4.69) is 22.9 Å². The molecule has 0 bridgehead atoms. The van der Waals surface area contributed by atoms with Gasteiger partial charge in [0.05, 0.1) is 6.04 Å². The van der Waals surface area contributed by atoms with Gasteiger partial charge in [-0.15, -0.1) is 0 Å². The van der Waals surface area contributed by atoms with Crippen molar-refractivity contribution in [3.63, 3.8) is 0 Å². The number of rotatable bonds is 7. The van der Waals surface area contributed by atoms with Gasteiger partial charge in [0, 0.05) is 32.3 Å². The molecule has 0 saturated carbocycles. The number of amides is 1. The van der Waals surface area contributed by atoms with E-state index < -0.39 is 0 Å². The minimum absolute atomic E-state index is 0.0449. The van der Waals surface area contributed by atoms with Crippen molar-refractivity contribution in [2.75, 3.05) is 33.4 Å². The molecule has 1 amide bonds. The Bertz CT molecular complexity index is 240. The second-order valence-corrected chi connectivity index (χ2v) is 4.99. The summed E-state index contributed by atoms with van der Waals surface area (Å²) in [4.78, 5) is 11.8. The Morgan fingerprint density at radius 3 is 2.94 bits per heavy atom. The van der Waals surface area contributed by atoms with Crippen molar-refractivity contribution < 1.29 is 9.53 Å². The molecule has 2 atom stereocenters. The quantitative estimate of drug-likeness (QED) is 0.545. The van der Waals surface area contributed by atoms with E-state index in [0.717, 1.165) is 25.9 Å². The molecule has 0 radical (unpaired) electrons. The zero-order valence-electron chi connectivity index (χ0n) is 11.1. The molecule has 0 spiro atoms. The predicted molar refractivity (Wildman–Crippen MR) is 68.0 cm³/mol. The lowest BCUT2D eigenvalue weighted by Gasteiger charge is -2.28. The number of ether oxygens (including phenoxy) is 1. The third kappa shape index (κ3) is 5.02. The van der Waals surface area contributed by atoms with Gasteiger partial charge in [-0.1, -0.05) is 0 Å². The first-order chi connectivity index (χ1) is 8.07. The van der Waals surface area contributed by atoms with Crippen molar-refractivity contribution in [1.82, 2.24) is 16.0 Å². The van der Waals surface area contributed by atoms with Crippen LogP contribution in [0.15, 0.2) is 0 Å². The molecule has 1 fully saturated rings. The summed E-state index contributed by atoms with van der Waals surface area (Å²) in [5, 5.41) is 9.60. The summed E-state index contributed by atoms with van der Waals surface area (Å²) < 4.78 is 4.93. The van der Waals surface area contributed by atoms with Crippen LogP contribution < -0.4 is 16.0 Å². The molecule has 0 aromatic heterocycles. The fourth-order valence-corrected chi connectivity index (χ4v) is 2.11. The van der Waals surface area contributed by atoms with Crippen molar-refractivity contribution in [2.45, 2.75) is 38.3 Å². The van der Waals surface area contributed by atoms with Crippen molar-refractivity contribution in [1.29, 1.82) is 0 Å². The van der Waals surface area contributed by atoms with Crippen molar-refractivity contribution in [2.24, 2.45) is 0 Å². The Morgan fingerprint density at radius 2 is 2.35 bits per heavy atom. The topological polar surface area (TPSA) is 62.4 Å². The van der Waals surface area contributed by atoms with Gasteiger partial charge in [-0.25, -0.2) is 0 Å². The predicted octanol–water partition coefficient (Wildman–Crippen LogP) is -0.131. The largest absolute Gasteiger partial charge is 0.385 e. The first kappa shape index (κ1) is 14.4. The molecule has 2 unspecified atom stereocenters. The fraction of sp³-hybridized carbons (Fsp3) is 0.917. The van der Waals surface area contributed by atoms with Gasteiger partial charge in [0.25, 0.3) is 0 Å². The van der Waals surface area contributed by atoms with Crippen LogP contribution in [0.5, 0.6) is 0 Å². The summed E-state index contributed by atoms with van der Waals surface area (Å²) in [5.74, 6) is 0.0641. The number of hydrogen-bond donors (Lipinski definition) is 3. The van der Waals surface area contributed by atoms with Gasteiger partial charge in [-0.3, -0.25) is 10.1 Å². The molecule has 0 aromatic carbocycles. The van der Waals surface area contributed by atoms with Crippen LogP contribution in [-0.4, -0.2) is 50.8 Å². The Kier molecular flexibility index (Phi) is 5.88. The van der Waals surface area contributed by atoms with Gasteiger partial charge in [-0.2, -0.15) is 0 Å². The summed E-state index contributed by atoms with van der Waals surface area (Å²) in [7, 11) is 1.67. The fourth-order valence-electron chi connectivity index (χ4n) is 2.11. The van der Waals surface area contributed by atoms with E-state index in [0.29, 0.717) is 13.2 Å². The second kappa shape index (κ2) is 6.93. The minimum atomic E-state index is -0.151. The monoisotopic (exact) mass is 243 g/mol. The molecule has 0 aliphatic carbocycles. The lowest BCUT2D eigenvalue weighted by atomic mass is 10.0. The Balaban J connectivity index is 2.22. The van der Waals surface area contributed by atoms with Crippen LogP contribution >= 0.6 is 0 Å². The smallest absolute Gasteiger partial charge is 0.236 e. The van der Waals surface area contributed by atoms with E-state index in [1.807, 2.05) is 6.92 Å². The highest BCUT2D eigenvalue weighted by Crippen LogP contribution is 2.13. The third-order valence-corrected chi connectivity index (χ3v) is 3.15. The van der Waals surface area contributed by atoms with E-state index in [4.69, 9.17) is 4.74 Å². The summed E-state index contributed by atoms with van der Waals surface area (Å²) >= 11 is 0. The third-order valence-electron chi connectivity index (χ3n) is 3.15. The van der Waals surface area contributed by atoms with Crippen LogP contribution in [0.4, 0.5) is 0 Å². The van der Waals surface area contributed by atoms with Crippen LogP contribution in [0.3, 0.4) is 0 Å². The first-order valence-electron chi connectivity index (χ1n) is 6.32. The van der Waals surface area contributed by atoms with Crippen LogP contribution in [0.25, 0.3) is 0 Å². The zero-order valence-corrected chi connectivity index (χ0v) is 11.1. The molecular formula is C12H25N3O2. The second-order valence-electron chi connectivity index (χ2n) is 4.99. The average Bonchev–Trinajstić information content (AvgIpc) is 2.70. The van der Waals surface area contributed by atoms with E-state index >= 15 is 0 Å². The Hall–Kier alpha value is -0.650. The van der Waals surface area contributed by atoms with Crippen molar-refractivity contribution in [3.05, 3.63) is 0 Å². The molecule has 5 heteroatoms. The molecular weight excluding hydrogens is 218 g/mol. The number of carbonyl (C=O) groups is 1. The molecule has 100 valence electrons. The summed E-state index contributed by atoms with van der Waals surface area (Å²) in [6.45, 7) is 7.37. The van der Waals surface area contributed by atoms with Gasteiger partial charge >= 0.3 is 0 Å². The number of hydrogen-bond acceptors (Lipinski definition) is 4. The lowest BCUT2D eigenvalue weighted by Crippen LogP contribution is -2.54. The zero-order chi connectivity index (χ0) is 12.7. The number of carbonyl (C=O) groups excluding carboxylic acids is 1. The maximum Gasteiger partial charge on any atom is 0.236 e. The Morgan fingerprint density at radius 1 is 1.59 bits per heavy atom. The summed E-state index contributed by atoms with van der Waals surface area (Å²) in [6, 6.07) is -0.151. The molecule has 1 heterocycles. The molecule has 1 rings (SSSR count). The van der Waals surface area contributed by atoms with E-state index in [1.165, 1.54) is 0 Å². The normalized spacial score (nSPS) is 25.8. The maximum absolute atomic E-state index is 11.8. The molecule has 3 N–H and O–H groups in total. The van der Waals surface area contributed by atoms with Crippen LogP contribution in [0.1, 0.15) is 26.7 Å². The van der Waals surface area contributed by atoms with Crippen LogP contribution in [0, 0.1) is 0 Å². The van der Waals surface area contributed by atoms with E-state index in [-0.39, 0.29) is 17.5 Å². The van der Waals surface area contributed by atoms with Crippen molar-refractivity contribution >= 4 is 5.91 Å². The Labute approximate surface area is 104 Å². The average molecular weight is 243 g/mol. The van der Waals surface area contributed by atoms with Gasteiger partial charge in [-0.05, 0) is 33.2 Å². The SMILES string of the molecule is COCCCNC(=O)C(C)NC1(C)CCNC1. The molecule has 17 heavy (non-hydrogen) atoms. The summed E-state index contributed by atoms with van der Waals surface area (Å²) in [5.41, 5.74) is 0.0449. The highest BCUT2D eigenvalue weighted by atomic mass is 16.5. The maximum atomic E-state index is 11.8. The number of nitrogens with one attached hydrogen (secondary N) is 3. The molecule has 1 aliphatic heterocycles. The molecule has 5 nitrogen and oxygen atoms in total. The first-order valence-corrected chi connectivity index (χ1v) is 6.32. The van der Waals surface area contributed by atoms with Gasteiger partial charge in [0.1, 0.15) is 0 Å². The lowest BCUT2D eigenvalue weighted by molar-refractivity contribution is -0.123. The van der Waals surface area contributed by atoms with E-state index in [9.17, 15) is 4.79 Å². The van der Waals surface area contributed by atoms with Crippen LogP contribution in [0.2, 0.25) is 0 Å². The summed E-state index contributed by atoms with van der Waals surface area (Å²) in [6.07, 6.45) is 1.92. The van der Waals surface area contributed by atoms with E-state index in [1.54, 1.807) is 7.11 Å². The minimum Gasteiger partial charge on any atom is -0.385 e. The number of methoxy groups -OCH3 is 1. The molecule has 0 aromatic rings. The van der Waals surface area contributed by atoms with Crippen LogP contribution in [-0.2, 0) is 9.53 Å². The highest BCUT2D eigenvalue weighted by molar-refractivity contribution is 5.81. The van der Waals surface area contributed by atoms with Crippen molar-refractivity contribution in [3.8, 4) is 0 Å². The molecule has 1 saturated heterocycles. The van der Waals surface area contributed by atoms with Gasteiger partial charge in [0.15, 0.2) is 0 Å². The standard InChI is InChI=1S/C12H25N3O2/c1-10(11(16)14-6-4-8-17-3)15-12(2)5-7-13-9-12/h10,13,15H,4-9H2,1-3H3,(H,14,16). The van der Waals surface area contributed by atoms with Gasteiger partial charge < -0.3 is 15.4 Å². The highest BCUT2D eigenvalue weighted by Gasteiger charge is 2.31.